The van der Waals surface area contributed by atoms with Gasteiger partial charge >= 0.3 is 18.1 Å². The fraction of sp³-hybridized carbons (Fsp3) is 0.533. The predicted molar refractivity (Wildman–Crippen MR) is 165 cm³/mol. The number of carbonyl (C=O) groups excluding carboxylic acids is 8. The van der Waals surface area contributed by atoms with Crippen molar-refractivity contribution >= 4 is 53.3 Å². The number of hydrogen-bond acceptors (Lipinski definition) is 10. The number of alkyl carbamates (subject to hydrolysis) is 1. The summed E-state index contributed by atoms with van der Waals surface area (Å²) in [4.78, 5) is 102. The van der Waals surface area contributed by atoms with Gasteiger partial charge in [-0.3, -0.25) is 24.0 Å². The molecule has 1 aliphatic heterocycles. The highest BCUT2D eigenvalue weighted by atomic mass is 16.7. The van der Waals surface area contributed by atoms with E-state index in [-0.39, 0.29) is 57.6 Å². The smallest absolute Gasteiger partial charge is 0.407 e. The van der Waals surface area contributed by atoms with Crippen LogP contribution in [0.4, 0.5) is 15.3 Å². The lowest BCUT2D eigenvalue weighted by molar-refractivity contribution is -0.197. The molecular weight excluding hydrogens is 618 g/mol. The van der Waals surface area contributed by atoms with Crippen molar-refractivity contribution in [2.45, 2.75) is 84.4 Å². The second-order valence-corrected chi connectivity index (χ2v) is 11.0. The van der Waals surface area contributed by atoms with Crippen LogP contribution in [0.15, 0.2) is 24.3 Å². The van der Waals surface area contributed by atoms with Crippen LogP contribution in [0.25, 0.3) is 0 Å². The Hall–Kier alpha value is -5.22. The first kappa shape index (κ1) is 38.0. The van der Waals surface area contributed by atoms with Gasteiger partial charge in [0.1, 0.15) is 18.7 Å². The van der Waals surface area contributed by atoms with Gasteiger partial charge in [-0.25, -0.2) is 14.4 Å². The molecule has 1 fully saturated rings. The van der Waals surface area contributed by atoms with E-state index in [4.69, 9.17) is 15.3 Å². The van der Waals surface area contributed by atoms with Crippen LogP contribution in [0.3, 0.4) is 0 Å². The number of hydrogen-bond donors (Lipinski definition) is 6. The van der Waals surface area contributed by atoms with E-state index in [0.717, 1.165) is 0 Å². The van der Waals surface area contributed by atoms with Crippen LogP contribution < -0.4 is 32.3 Å². The zero-order chi connectivity index (χ0) is 34.9. The van der Waals surface area contributed by atoms with Crippen LogP contribution in [-0.4, -0.2) is 77.9 Å². The van der Waals surface area contributed by atoms with E-state index >= 15 is 0 Å². The van der Waals surface area contributed by atoms with Gasteiger partial charge in [0.15, 0.2) is 0 Å². The number of nitrogens with one attached hydrogen (secondary N) is 5. The van der Waals surface area contributed by atoms with Gasteiger partial charge in [-0.1, -0.05) is 26.0 Å². The van der Waals surface area contributed by atoms with Gasteiger partial charge < -0.3 is 41.9 Å². The van der Waals surface area contributed by atoms with Crippen molar-refractivity contribution in [3.05, 3.63) is 29.8 Å². The van der Waals surface area contributed by atoms with Crippen molar-refractivity contribution in [2.75, 3.05) is 18.4 Å². The summed E-state index contributed by atoms with van der Waals surface area (Å²) in [6.45, 7) is 5.78. The molecule has 1 aromatic carbocycles. The summed E-state index contributed by atoms with van der Waals surface area (Å²) < 4.78 is 5.08. The Labute approximate surface area is 272 Å². The number of rotatable bonds is 18. The van der Waals surface area contributed by atoms with Crippen LogP contribution in [0.5, 0.6) is 0 Å². The molecule has 0 bridgehead atoms. The van der Waals surface area contributed by atoms with Crippen LogP contribution in [0, 0.1) is 5.92 Å². The first-order valence-electron chi connectivity index (χ1n) is 15.3. The summed E-state index contributed by atoms with van der Waals surface area (Å²) in [5.41, 5.74) is 6.21. The fourth-order valence-corrected chi connectivity index (χ4v) is 4.29. The molecule has 0 saturated carbocycles. The Morgan fingerprint density at radius 2 is 1.55 bits per heavy atom. The topological polar surface area (TPSA) is 244 Å². The van der Waals surface area contributed by atoms with Gasteiger partial charge in [0.05, 0.1) is 0 Å². The standard InChI is InChI=1S/C30H43N7O10/c1-4-32-30(45)46-17-19-10-12-20(13-11-19)34-27(42)21(7-6-16-33-29(31)44)35-28(43)26(18(2)3)36-22(38)8-5-9-25(41)47-37-23(39)14-15-24(37)40/h10-13,18,21,26H,4-9,14-17H2,1-3H3,(H,32,45)(H,34,42)(H,35,43)(H,36,38)(H3,31,33,44)/t21-,26-/m0/s1. The van der Waals surface area contributed by atoms with E-state index in [1.807, 2.05) is 0 Å². The number of nitrogens with zero attached hydrogens (tertiary/aromatic N) is 1. The number of imide groups is 1. The van der Waals surface area contributed by atoms with Gasteiger partial charge in [0.2, 0.25) is 17.7 Å². The molecule has 1 saturated heterocycles. The van der Waals surface area contributed by atoms with Crippen LogP contribution in [0.2, 0.25) is 0 Å². The quantitative estimate of drug-likeness (QED) is 0.0951. The summed E-state index contributed by atoms with van der Waals surface area (Å²) in [6, 6.07) is 3.72. The van der Waals surface area contributed by atoms with Gasteiger partial charge in [-0.15, -0.1) is 5.06 Å². The molecule has 0 aliphatic carbocycles. The molecule has 47 heavy (non-hydrogen) atoms. The highest BCUT2D eigenvalue weighted by Crippen LogP contribution is 2.15. The third-order valence-corrected chi connectivity index (χ3v) is 6.76. The maximum absolute atomic E-state index is 13.3. The molecule has 0 unspecified atom stereocenters. The monoisotopic (exact) mass is 661 g/mol. The van der Waals surface area contributed by atoms with Crippen molar-refractivity contribution in [3.8, 4) is 0 Å². The number of urea groups is 1. The second-order valence-electron chi connectivity index (χ2n) is 11.0. The van der Waals surface area contributed by atoms with E-state index in [0.29, 0.717) is 29.3 Å². The summed E-state index contributed by atoms with van der Waals surface area (Å²) in [7, 11) is 0. The second kappa shape index (κ2) is 19.3. The molecule has 8 amide bonds. The molecule has 7 N–H and O–H groups in total. The average Bonchev–Trinajstić information content (AvgIpc) is 3.32. The van der Waals surface area contributed by atoms with Gasteiger partial charge in [0, 0.05) is 44.5 Å². The first-order chi connectivity index (χ1) is 22.3. The maximum atomic E-state index is 13.3. The summed E-state index contributed by atoms with van der Waals surface area (Å²) in [6.07, 6.45) is -0.579. The van der Waals surface area contributed by atoms with E-state index in [1.54, 1.807) is 45.0 Å². The van der Waals surface area contributed by atoms with Gasteiger partial charge in [-0.05, 0) is 49.8 Å². The Morgan fingerprint density at radius 3 is 2.15 bits per heavy atom. The van der Waals surface area contributed by atoms with Crippen LogP contribution >= 0.6 is 0 Å². The minimum absolute atomic E-state index is 0.0264. The Bertz CT molecular complexity index is 1290. The number of amides is 8. The van der Waals surface area contributed by atoms with Gasteiger partial charge in [0.25, 0.3) is 11.8 Å². The Kier molecular flexibility index (Phi) is 15.6. The van der Waals surface area contributed by atoms with E-state index in [9.17, 15) is 38.4 Å². The van der Waals surface area contributed by atoms with Crippen molar-refractivity contribution in [1.82, 2.24) is 26.3 Å². The normalized spacial score (nSPS) is 13.7. The lowest BCUT2D eigenvalue weighted by Gasteiger charge is -2.25. The first-order valence-corrected chi connectivity index (χ1v) is 15.3. The number of primary amides is 1. The number of carbonyl (C=O) groups is 8. The van der Waals surface area contributed by atoms with Crippen molar-refractivity contribution in [1.29, 1.82) is 0 Å². The minimum Gasteiger partial charge on any atom is -0.445 e. The number of hydroxylamine groups is 2. The van der Waals surface area contributed by atoms with Crippen LogP contribution in [-0.2, 0) is 44.9 Å². The zero-order valence-corrected chi connectivity index (χ0v) is 26.7. The summed E-state index contributed by atoms with van der Waals surface area (Å²) >= 11 is 0. The van der Waals surface area contributed by atoms with Crippen LogP contribution in [0.1, 0.15) is 71.3 Å². The number of nitrogens with two attached hydrogens (primary N) is 1. The number of ether oxygens (including phenoxy) is 1. The maximum Gasteiger partial charge on any atom is 0.407 e. The molecule has 1 heterocycles. The largest absolute Gasteiger partial charge is 0.445 e. The number of anilines is 1. The molecule has 17 nitrogen and oxygen atoms in total. The molecule has 1 aromatic rings. The Balaban J connectivity index is 1.97. The zero-order valence-electron chi connectivity index (χ0n) is 26.7. The van der Waals surface area contributed by atoms with E-state index in [2.05, 4.69) is 26.6 Å². The van der Waals surface area contributed by atoms with Crippen molar-refractivity contribution < 1.29 is 47.9 Å². The third-order valence-electron chi connectivity index (χ3n) is 6.76. The van der Waals surface area contributed by atoms with Gasteiger partial charge in [-0.2, -0.15) is 0 Å². The molecule has 17 heteroatoms. The third kappa shape index (κ3) is 13.8. The molecule has 258 valence electrons. The Morgan fingerprint density at radius 1 is 0.894 bits per heavy atom. The highest BCUT2D eigenvalue weighted by Gasteiger charge is 2.33. The molecular formula is C30H43N7O10. The lowest BCUT2D eigenvalue weighted by Crippen LogP contribution is -2.54. The van der Waals surface area contributed by atoms with E-state index in [1.165, 1.54) is 0 Å². The van der Waals surface area contributed by atoms with Crippen molar-refractivity contribution in [2.24, 2.45) is 11.7 Å². The number of benzene rings is 1. The summed E-state index contributed by atoms with van der Waals surface area (Å²) in [5, 5.41) is 13.4. The molecule has 2 rings (SSSR count). The fourth-order valence-electron chi connectivity index (χ4n) is 4.29. The lowest BCUT2D eigenvalue weighted by atomic mass is 10.0. The molecule has 2 atom stereocenters. The summed E-state index contributed by atoms with van der Waals surface area (Å²) in [5.74, 6) is -4.16. The molecule has 1 aliphatic rings. The van der Waals surface area contributed by atoms with E-state index < -0.39 is 59.7 Å². The minimum atomic E-state index is -1.05. The molecule has 0 radical (unpaired) electrons. The molecule has 0 aromatic heterocycles. The highest BCUT2D eigenvalue weighted by molar-refractivity contribution is 6.01. The average molecular weight is 662 g/mol. The van der Waals surface area contributed by atoms with Crippen molar-refractivity contribution in [3.63, 3.8) is 0 Å². The SMILES string of the molecule is CCNC(=O)OCc1ccc(NC(=O)[C@H](CCCNC(N)=O)NC(=O)[C@@H](NC(=O)CCCC(=O)ON2C(=O)CCC2=O)C(C)C)cc1. The predicted octanol–water partition coefficient (Wildman–Crippen LogP) is 0.723. The molecule has 0 spiro atoms.